The average molecular weight is 259 g/mol. The molecule has 2 rings (SSSR count). The molecule has 0 N–H and O–H groups in total. The topological polar surface area (TPSA) is 25.8 Å². The summed E-state index contributed by atoms with van der Waals surface area (Å²) in [6.45, 7) is 2.35. The molecule has 0 saturated heterocycles. The number of rotatable bonds is 4. The van der Waals surface area contributed by atoms with Crippen LogP contribution in [0.4, 0.5) is 0 Å². The standard InChI is InChI=1S/C12H19ClN2S/c1-9-4-6-10(7-5-9)12-15-14-11(16-12)3-2-8-13/h9-10H,2-8H2,1H3. The fraction of sp³-hybridized carbons (Fsp3) is 0.833. The number of halogens is 1. The molecule has 0 amide bonds. The Kier molecular flexibility index (Phi) is 4.59. The van der Waals surface area contributed by atoms with Crippen molar-refractivity contribution in [2.24, 2.45) is 5.92 Å². The maximum Gasteiger partial charge on any atom is 0.120 e. The SMILES string of the molecule is CC1CCC(c2nnc(CCCCl)s2)CC1. The first-order chi connectivity index (χ1) is 7.79. The van der Waals surface area contributed by atoms with Crippen LogP contribution in [0.1, 0.15) is 55.0 Å². The molecule has 0 bridgehead atoms. The van der Waals surface area contributed by atoms with E-state index in [0.717, 1.165) is 29.6 Å². The molecule has 0 spiro atoms. The van der Waals surface area contributed by atoms with Crippen molar-refractivity contribution in [3.63, 3.8) is 0 Å². The predicted octanol–water partition coefficient (Wildman–Crippen LogP) is 4.00. The maximum atomic E-state index is 5.68. The Morgan fingerprint density at radius 1 is 1.25 bits per heavy atom. The zero-order valence-electron chi connectivity index (χ0n) is 9.79. The number of hydrogen-bond donors (Lipinski definition) is 0. The van der Waals surface area contributed by atoms with Gasteiger partial charge in [0.05, 0.1) is 0 Å². The van der Waals surface area contributed by atoms with Gasteiger partial charge in [-0.15, -0.1) is 33.1 Å². The van der Waals surface area contributed by atoms with Crippen molar-refractivity contribution >= 4 is 22.9 Å². The van der Waals surface area contributed by atoms with E-state index in [4.69, 9.17) is 11.6 Å². The molecule has 0 unspecified atom stereocenters. The van der Waals surface area contributed by atoms with Crippen LogP contribution in [0.5, 0.6) is 0 Å². The van der Waals surface area contributed by atoms with Gasteiger partial charge >= 0.3 is 0 Å². The second kappa shape index (κ2) is 5.97. The molecule has 1 aromatic heterocycles. The lowest BCUT2D eigenvalue weighted by molar-refractivity contribution is 0.346. The molecule has 1 aliphatic rings. The number of aromatic nitrogens is 2. The fourth-order valence-corrected chi connectivity index (χ4v) is 3.44. The third-order valence-electron chi connectivity index (χ3n) is 3.37. The minimum Gasteiger partial charge on any atom is -0.144 e. The van der Waals surface area contributed by atoms with E-state index in [-0.39, 0.29) is 0 Å². The van der Waals surface area contributed by atoms with Gasteiger partial charge in [0.25, 0.3) is 0 Å². The molecule has 1 aromatic rings. The molecule has 1 aliphatic carbocycles. The molecular weight excluding hydrogens is 240 g/mol. The number of nitrogens with zero attached hydrogens (tertiary/aromatic N) is 2. The van der Waals surface area contributed by atoms with Gasteiger partial charge < -0.3 is 0 Å². The van der Waals surface area contributed by atoms with Crippen LogP contribution in [0.25, 0.3) is 0 Å². The van der Waals surface area contributed by atoms with Crippen LogP contribution < -0.4 is 0 Å². The lowest BCUT2D eigenvalue weighted by Crippen LogP contribution is -2.10. The Bertz CT molecular complexity index is 319. The van der Waals surface area contributed by atoms with E-state index in [2.05, 4.69) is 17.1 Å². The molecule has 0 aromatic carbocycles. The van der Waals surface area contributed by atoms with Gasteiger partial charge in [0.1, 0.15) is 10.0 Å². The summed E-state index contributed by atoms with van der Waals surface area (Å²) in [6.07, 6.45) is 7.29. The number of aryl methyl sites for hydroxylation is 1. The molecule has 2 nitrogen and oxygen atoms in total. The Morgan fingerprint density at radius 2 is 2.00 bits per heavy atom. The van der Waals surface area contributed by atoms with Crippen molar-refractivity contribution in [3.05, 3.63) is 10.0 Å². The van der Waals surface area contributed by atoms with E-state index in [1.165, 1.54) is 30.7 Å². The quantitative estimate of drug-likeness (QED) is 0.763. The van der Waals surface area contributed by atoms with Crippen LogP contribution in [-0.2, 0) is 6.42 Å². The second-order valence-corrected chi connectivity index (χ2v) is 6.25. The molecule has 1 heterocycles. The lowest BCUT2D eigenvalue weighted by atomic mass is 9.83. The van der Waals surface area contributed by atoms with Crippen molar-refractivity contribution in [1.29, 1.82) is 0 Å². The Balaban J connectivity index is 1.91. The summed E-state index contributed by atoms with van der Waals surface area (Å²) >= 11 is 7.48. The number of alkyl halides is 1. The third kappa shape index (κ3) is 3.17. The van der Waals surface area contributed by atoms with Gasteiger partial charge in [0, 0.05) is 18.2 Å². The van der Waals surface area contributed by atoms with Gasteiger partial charge in [-0.2, -0.15) is 0 Å². The van der Waals surface area contributed by atoms with Crippen molar-refractivity contribution in [3.8, 4) is 0 Å². The summed E-state index contributed by atoms with van der Waals surface area (Å²) in [5.74, 6) is 2.30. The highest BCUT2D eigenvalue weighted by molar-refractivity contribution is 7.11. The van der Waals surface area contributed by atoms with Crippen LogP contribution in [-0.4, -0.2) is 16.1 Å². The first kappa shape index (κ1) is 12.3. The van der Waals surface area contributed by atoms with Gasteiger partial charge in [0.15, 0.2) is 0 Å². The van der Waals surface area contributed by atoms with Gasteiger partial charge in [-0.05, 0) is 25.2 Å². The van der Waals surface area contributed by atoms with Crippen molar-refractivity contribution < 1.29 is 0 Å². The zero-order valence-corrected chi connectivity index (χ0v) is 11.4. The van der Waals surface area contributed by atoms with E-state index in [1.54, 1.807) is 11.3 Å². The van der Waals surface area contributed by atoms with E-state index in [9.17, 15) is 0 Å². The monoisotopic (exact) mass is 258 g/mol. The van der Waals surface area contributed by atoms with Crippen LogP contribution in [0, 0.1) is 5.92 Å². The van der Waals surface area contributed by atoms with Crippen LogP contribution in [0.2, 0.25) is 0 Å². The van der Waals surface area contributed by atoms with E-state index in [0.29, 0.717) is 5.92 Å². The maximum absolute atomic E-state index is 5.68. The normalized spacial score (nSPS) is 25.9. The first-order valence-corrected chi connectivity index (χ1v) is 7.53. The molecule has 0 radical (unpaired) electrons. The molecule has 16 heavy (non-hydrogen) atoms. The van der Waals surface area contributed by atoms with Crippen LogP contribution >= 0.6 is 22.9 Å². The second-order valence-electron chi connectivity index (χ2n) is 4.78. The van der Waals surface area contributed by atoms with Gasteiger partial charge in [-0.3, -0.25) is 0 Å². The Labute approximate surface area is 106 Å². The summed E-state index contributed by atoms with van der Waals surface area (Å²) in [4.78, 5) is 0. The largest absolute Gasteiger partial charge is 0.144 e. The molecular formula is C12H19ClN2S. The highest BCUT2D eigenvalue weighted by atomic mass is 35.5. The Morgan fingerprint density at radius 3 is 2.69 bits per heavy atom. The van der Waals surface area contributed by atoms with Gasteiger partial charge in [0.2, 0.25) is 0 Å². The summed E-state index contributed by atoms with van der Waals surface area (Å²) in [6, 6.07) is 0. The summed E-state index contributed by atoms with van der Waals surface area (Å²) in [7, 11) is 0. The fourth-order valence-electron chi connectivity index (χ4n) is 2.26. The molecule has 1 fully saturated rings. The molecule has 0 aliphatic heterocycles. The van der Waals surface area contributed by atoms with E-state index >= 15 is 0 Å². The zero-order chi connectivity index (χ0) is 11.4. The van der Waals surface area contributed by atoms with Crippen molar-refractivity contribution in [2.75, 3.05) is 5.88 Å². The van der Waals surface area contributed by atoms with E-state index < -0.39 is 0 Å². The molecule has 4 heteroatoms. The third-order valence-corrected chi connectivity index (χ3v) is 4.78. The smallest absolute Gasteiger partial charge is 0.120 e. The van der Waals surface area contributed by atoms with Gasteiger partial charge in [-0.1, -0.05) is 19.8 Å². The molecule has 1 saturated carbocycles. The minimum absolute atomic E-state index is 0.679. The van der Waals surface area contributed by atoms with Crippen molar-refractivity contribution in [2.45, 2.75) is 51.4 Å². The van der Waals surface area contributed by atoms with Crippen LogP contribution in [0.15, 0.2) is 0 Å². The van der Waals surface area contributed by atoms with Crippen LogP contribution in [0.3, 0.4) is 0 Å². The summed E-state index contributed by atoms with van der Waals surface area (Å²) < 4.78 is 0. The summed E-state index contributed by atoms with van der Waals surface area (Å²) in [5, 5.41) is 11.0. The lowest BCUT2D eigenvalue weighted by Gasteiger charge is -2.23. The van der Waals surface area contributed by atoms with E-state index in [1.807, 2.05) is 0 Å². The molecule has 90 valence electrons. The number of hydrogen-bond acceptors (Lipinski definition) is 3. The predicted molar refractivity (Wildman–Crippen MR) is 69.3 cm³/mol. The summed E-state index contributed by atoms with van der Waals surface area (Å²) in [5.41, 5.74) is 0. The Hall–Kier alpha value is -0.150. The average Bonchev–Trinajstić information content (AvgIpc) is 2.76. The highest BCUT2D eigenvalue weighted by Gasteiger charge is 2.22. The molecule has 0 atom stereocenters. The minimum atomic E-state index is 0.679. The first-order valence-electron chi connectivity index (χ1n) is 6.18. The van der Waals surface area contributed by atoms with Crippen molar-refractivity contribution in [1.82, 2.24) is 10.2 Å². The highest BCUT2D eigenvalue weighted by Crippen LogP contribution is 2.36. The van der Waals surface area contributed by atoms with Gasteiger partial charge in [-0.25, -0.2) is 0 Å².